The van der Waals surface area contributed by atoms with Crippen molar-refractivity contribution in [1.82, 2.24) is 14.3 Å². The molecular formula is C20H20BrFN4O. The first kappa shape index (κ1) is 18.0. The molecule has 1 atom stereocenters. The summed E-state index contributed by atoms with van der Waals surface area (Å²) >= 11 is 3.56. The van der Waals surface area contributed by atoms with E-state index in [1.165, 1.54) is 6.07 Å². The monoisotopic (exact) mass is 430 g/mol. The second kappa shape index (κ2) is 7.31. The Labute approximate surface area is 165 Å². The number of hydrogen-bond acceptors (Lipinski definition) is 2. The van der Waals surface area contributed by atoms with E-state index < -0.39 is 5.82 Å². The summed E-state index contributed by atoms with van der Waals surface area (Å²) in [6.45, 7) is 3.26. The number of carbonyl (C=O) groups excluding carboxylic acids is 1. The van der Waals surface area contributed by atoms with Gasteiger partial charge in [0.2, 0.25) is 0 Å². The number of amides is 2. The number of imidazole rings is 1. The maximum atomic E-state index is 13.8. The van der Waals surface area contributed by atoms with Crippen LogP contribution in [0.2, 0.25) is 0 Å². The summed E-state index contributed by atoms with van der Waals surface area (Å²) in [6, 6.07) is 9.99. The van der Waals surface area contributed by atoms with Crippen molar-refractivity contribution in [1.29, 1.82) is 0 Å². The molecule has 27 heavy (non-hydrogen) atoms. The van der Waals surface area contributed by atoms with Crippen molar-refractivity contribution in [3.05, 3.63) is 64.4 Å². The molecule has 1 aromatic carbocycles. The molecule has 5 nitrogen and oxygen atoms in total. The predicted octanol–water partition coefficient (Wildman–Crippen LogP) is 4.96. The van der Waals surface area contributed by atoms with Crippen molar-refractivity contribution in [2.24, 2.45) is 0 Å². The molecule has 4 rings (SSSR count). The van der Waals surface area contributed by atoms with Gasteiger partial charge in [-0.3, -0.25) is 0 Å². The van der Waals surface area contributed by atoms with Gasteiger partial charge in [-0.1, -0.05) is 18.2 Å². The molecule has 0 saturated carbocycles. The van der Waals surface area contributed by atoms with Crippen LogP contribution in [-0.2, 0) is 0 Å². The van der Waals surface area contributed by atoms with Gasteiger partial charge < -0.3 is 14.6 Å². The number of nitrogens with one attached hydrogen (secondary N) is 1. The molecule has 3 aromatic rings. The fourth-order valence-corrected chi connectivity index (χ4v) is 4.38. The van der Waals surface area contributed by atoms with Gasteiger partial charge in [0.15, 0.2) is 0 Å². The number of fused-ring (bicyclic) bond motifs is 1. The van der Waals surface area contributed by atoms with Crippen molar-refractivity contribution in [3.8, 4) is 0 Å². The zero-order chi connectivity index (χ0) is 19.0. The number of hydrogen-bond donors (Lipinski definition) is 1. The highest BCUT2D eigenvalue weighted by Gasteiger charge is 2.28. The second-order valence-corrected chi connectivity index (χ2v) is 7.62. The number of benzene rings is 1. The lowest BCUT2D eigenvalue weighted by molar-refractivity contribution is 0.191. The molecule has 1 aliphatic heterocycles. The zero-order valence-corrected chi connectivity index (χ0v) is 16.5. The Balaban J connectivity index is 1.56. The first-order chi connectivity index (χ1) is 13.0. The Morgan fingerprint density at radius 1 is 1.30 bits per heavy atom. The van der Waals surface area contributed by atoms with Gasteiger partial charge in [-0.25, -0.2) is 14.2 Å². The lowest BCUT2D eigenvalue weighted by Gasteiger charge is -2.32. The fourth-order valence-electron chi connectivity index (χ4n) is 3.69. The lowest BCUT2D eigenvalue weighted by atomic mass is 9.97. The topological polar surface area (TPSA) is 49.6 Å². The van der Waals surface area contributed by atoms with Crippen molar-refractivity contribution in [3.63, 3.8) is 0 Å². The SMILES string of the molecule is Cc1cccn2c(C3CCCN(C(=O)Nc4ccccc4F)C3)nc(Br)c12. The lowest BCUT2D eigenvalue weighted by Crippen LogP contribution is -2.42. The highest BCUT2D eigenvalue weighted by molar-refractivity contribution is 9.10. The smallest absolute Gasteiger partial charge is 0.321 e. The minimum absolute atomic E-state index is 0.130. The van der Waals surface area contributed by atoms with Crippen LogP contribution in [0.4, 0.5) is 14.9 Å². The molecule has 0 spiro atoms. The van der Waals surface area contributed by atoms with Crippen LogP contribution in [0.25, 0.3) is 5.52 Å². The van der Waals surface area contributed by atoms with E-state index in [9.17, 15) is 9.18 Å². The average molecular weight is 431 g/mol. The van der Waals surface area contributed by atoms with Crippen LogP contribution in [-0.4, -0.2) is 33.4 Å². The molecule has 0 bridgehead atoms. The molecule has 3 heterocycles. The normalized spacial score (nSPS) is 17.3. The van der Waals surface area contributed by atoms with Gasteiger partial charge in [-0.2, -0.15) is 0 Å². The zero-order valence-electron chi connectivity index (χ0n) is 15.0. The standard InChI is InChI=1S/C20H20BrFN4O/c1-13-6-4-11-26-17(13)18(21)24-19(26)14-7-5-10-25(12-14)20(27)23-16-9-3-2-8-15(16)22/h2-4,6,8-9,11,14H,5,7,10,12H2,1H3,(H,23,27). The summed E-state index contributed by atoms with van der Waals surface area (Å²) in [5, 5.41) is 2.68. The summed E-state index contributed by atoms with van der Waals surface area (Å²) in [5.74, 6) is 0.646. The number of aromatic nitrogens is 2. The van der Waals surface area contributed by atoms with E-state index in [4.69, 9.17) is 4.98 Å². The van der Waals surface area contributed by atoms with E-state index in [1.54, 1.807) is 23.1 Å². The first-order valence-corrected chi connectivity index (χ1v) is 9.77. The van der Waals surface area contributed by atoms with E-state index in [0.717, 1.165) is 34.3 Å². The summed E-state index contributed by atoms with van der Waals surface area (Å²) < 4.78 is 16.7. The Bertz CT molecular complexity index is 1000. The number of halogens is 2. The first-order valence-electron chi connectivity index (χ1n) is 8.98. The van der Waals surface area contributed by atoms with E-state index in [0.29, 0.717) is 13.1 Å². The summed E-state index contributed by atoms with van der Waals surface area (Å²) in [4.78, 5) is 19.1. The number of rotatable bonds is 2. The Kier molecular flexibility index (Phi) is 4.86. The quantitative estimate of drug-likeness (QED) is 0.624. The highest BCUT2D eigenvalue weighted by atomic mass is 79.9. The summed E-state index contributed by atoms with van der Waals surface area (Å²) in [7, 11) is 0. The number of para-hydroxylation sites is 1. The van der Waals surface area contributed by atoms with Crippen LogP contribution in [0.3, 0.4) is 0 Å². The Hall–Kier alpha value is -2.41. The van der Waals surface area contributed by atoms with Crippen molar-refractivity contribution < 1.29 is 9.18 Å². The fraction of sp³-hybridized carbons (Fsp3) is 0.300. The molecule has 1 aliphatic rings. The van der Waals surface area contributed by atoms with Crippen LogP contribution in [0, 0.1) is 12.7 Å². The second-order valence-electron chi connectivity index (χ2n) is 6.87. The van der Waals surface area contributed by atoms with E-state index in [1.807, 2.05) is 12.3 Å². The van der Waals surface area contributed by atoms with Gasteiger partial charge >= 0.3 is 6.03 Å². The van der Waals surface area contributed by atoms with Gasteiger partial charge in [-0.05, 0) is 59.5 Å². The maximum Gasteiger partial charge on any atom is 0.321 e. The number of aryl methyl sites for hydroxylation is 1. The van der Waals surface area contributed by atoms with Crippen LogP contribution in [0.1, 0.15) is 30.1 Å². The molecular weight excluding hydrogens is 411 g/mol. The van der Waals surface area contributed by atoms with E-state index in [2.05, 4.69) is 38.6 Å². The van der Waals surface area contributed by atoms with Gasteiger partial charge in [0.1, 0.15) is 16.2 Å². The maximum absolute atomic E-state index is 13.8. The van der Waals surface area contributed by atoms with Crippen LogP contribution >= 0.6 is 15.9 Å². The number of anilines is 1. The van der Waals surface area contributed by atoms with Crippen LogP contribution in [0.5, 0.6) is 0 Å². The third-order valence-corrected chi connectivity index (χ3v) is 5.59. The minimum Gasteiger partial charge on any atom is -0.324 e. The van der Waals surface area contributed by atoms with Crippen molar-refractivity contribution in [2.75, 3.05) is 18.4 Å². The minimum atomic E-state index is -0.432. The molecule has 1 saturated heterocycles. The molecule has 1 fully saturated rings. The molecule has 0 aliphatic carbocycles. The molecule has 1 N–H and O–H groups in total. The molecule has 2 aromatic heterocycles. The van der Waals surface area contributed by atoms with Gasteiger partial charge in [0, 0.05) is 25.2 Å². The van der Waals surface area contributed by atoms with E-state index in [-0.39, 0.29) is 17.6 Å². The molecule has 1 unspecified atom stereocenters. The number of urea groups is 1. The van der Waals surface area contributed by atoms with Crippen LogP contribution < -0.4 is 5.32 Å². The number of nitrogens with zero attached hydrogens (tertiary/aromatic N) is 3. The van der Waals surface area contributed by atoms with Crippen LogP contribution in [0.15, 0.2) is 47.2 Å². The molecule has 7 heteroatoms. The van der Waals surface area contributed by atoms with Crippen molar-refractivity contribution >= 4 is 33.2 Å². The number of pyridine rings is 1. The highest BCUT2D eigenvalue weighted by Crippen LogP contribution is 2.31. The molecule has 0 radical (unpaired) electrons. The van der Waals surface area contributed by atoms with Gasteiger partial charge in [0.05, 0.1) is 11.2 Å². The third kappa shape index (κ3) is 3.43. The third-order valence-electron chi connectivity index (χ3n) is 5.04. The van der Waals surface area contributed by atoms with Gasteiger partial charge in [-0.15, -0.1) is 0 Å². The number of likely N-dealkylation sites (tertiary alicyclic amines) is 1. The van der Waals surface area contributed by atoms with E-state index >= 15 is 0 Å². The Morgan fingerprint density at radius 2 is 2.11 bits per heavy atom. The summed E-state index contributed by atoms with van der Waals surface area (Å²) in [5.41, 5.74) is 2.41. The van der Waals surface area contributed by atoms with Crippen molar-refractivity contribution in [2.45, 2.75) is 25.7 Å². The molecule has 2 amide bonds. The Morgan fingerprint density at radius 3 is 2.93 bits per heavy atom. The van der Waals surface area contributed by atoms with Gasteiger partial charge in [0.25, 0.3) is 0 Å². The molecule has 140 valence electrons. The largest absolute Gasteiger partial charge is 0.324 e. The summed E-state index contributed by atoms with van der Waals surface area (Å²) in [6.07, 6.45) is 3.85. The number of piperidine rings is 1. The predicted molar refractivity (Wildman–Crippen MR) is 107 cm³/mol. The average Bonchev–Trinajstić information content (AvgIpc) is 3.02. The number of carbonyl (C=O) groups is 1.